The minimum absolute atomic E-state index is 0. The van der Waals surface area contributed by atoms with Crippen molar-refractivity contribution in [2.75, 3.05) is 0 Å². The van der Waals surface area contributed by atoms with Gasteiger partial charge in [-0.15, -0.1) is 0 Å². The van der Waals surface area contributed by atoms with Gasteiger partial charge >= 0.3 is 88.6 Å². The second-order valence-corrected chi connectivity index (χ2v) is 5.54. The van der Waals surface area contributed by atoms with Crippen LogP contribution < -0.4 is 0 Å². The fourth-order valence-corrected chi connectivity index (χ4v) is 0. The molecule has 12 nitrogen and oxygen atoms in total. The van der Waals surface area contributed by atoms with Gasteiger partial charge in [0.15, 0.2) is 0 Å². The topological polar surface area (TPSA) is 224 Å². The molecule has 0 aromatic rings. The molecule has 0 amide bonds. The number of rotatable bonds is 0. The van der Waals surface area contributed by atoms with Gasteiger partial charge in [-0.05, 0) is 0 Å². The molecule has 6 N–H and O–H groups in total. The van der Waals surface area contributed by atoms with Crippen molar-refractivity contribution < 1.29 is 123 Å². The molecule has 0 radical (unpaired) electrons. The van der Waals surface area contributed by atoms with E-state index >= 15 is 0 Å². The van der Waals surface area contributed by atoms with Crippen LogP contribution in [0.25, 0.3) is 0 Å². The van der Waals surface area contributed by atoms with E-state index in [1.54, 1.807) is 0 Å². The molecular weight excluding hydrogens is 460 g/mol. The average molecular weight is 466 g/mol. The van der Waals surface area contributed by atoms with Crippen LogP contribution in [-0.4, -0.2) is 24.9 Å². The maximum atomic E-state index is 8.82. The van der Waals surface area contributed by atoms with E-state index in [9.17, 15) is 0 Å². The van der Waals surface area contributed by atoms with Crippen LogP contribution >= 0.6 is 0 Å². The van der Waals surface area contributed by atoms with E-state index in [0.717, 1.165) is 0 Å². The normalized spacial score (nSPS) is 10.2. The average Bonchev–Trinajstić information content (AvgIpc) is 1.41. The molecule has 0 unspecified atom stereocenters. The summed E-state index contributed by atoms with van der Waals surface area (Å²) in [5, 5.41) is 0. The van der Waals surface area contributed by atoms with Crippen LogP contribution in [0.15, 0.2) is 0 Å². The molecule has 0 aromatic heterocycles. The van der Waals surface area contributed by atoms with Crippen molar-refractivity contribution in [1.82, 2.24) is 0 Å². The standard InChI is InChI=1S/3Cr.2Fe.6H2O.6O/h;;;;;6*1H2;;;;;;/q3*+2;;;;;;;;;;;;;;/p-6. The summed E-state index contributed by atoms with van der Waals surface area (Å²) >= 11 is -15.8. The Morgan fingerprint density at radius 3 is 0.412 bits per heavy atom. The molecular formula is H6Cr3Fe2O12. The summed E-state index contributed by atoms with van der Waals surface area (Å²) in [4.78, 5) is 0. The van der Waals surface area contributed by atoms with Crippen LogP contribution in [0.3, 0.4) is 0 Å². The third-order valence-corrected chi connectivity index (χ3v) is 0. The Bertz CT molecular complexity index is 341. The molecule has 0 aliphatic carbocycles. The first-order valence-corrected chi connectivity index (χ1v) is 8.64. The Morgan fingerprint density at radius 2 is 0.412 bits per heavy atom. The second kappa shape index (κ2) is 12.2. The SMILES string of the molecule is [Fe].[Fe].[O]=[Cr](=[O])([OH])[OH].[O]=[Cr](=[O])([OH])[OH].[O]=[Cr](=[O])([OH])[OH]. The van der Waals surface area contributed by atoms with E-state index in [1.165, 1.54) is 0 Å². The van der Waals surface area contributed by atoms with Crippen molar-refractivity contribution in [1.29, 1.82) is 0 Å². The first kappa shape index (κ1) is 30.9. The molecule has 17 heteroatoms. The van der Waals surface area contributed by atoms with Crippen molar-refractivity contribution in [2.24, 2.45) is 0 Å². The summed E-state index contributed by atoms with van der Waals surface area (Å²) in [5.41, 5.74) is 0. The molecule has 0 aliphatic rings. The molecule has 112 valence electrons. The molecule has 0 heterocycles. The summed E-state index contributed by atoms with van der Waals surface area (Å²) in [5.74, 6) is 0. The van der Waals surface area contributed by atoms with Crippen LogP contribution in [0.1, 0.15) is 0 Å². The zero-order valence-electron chi connectivity index (χ0n) is 7.06. The van der Waals surface area contributed by atoms with Crippen molar-refractivity contribution in [3.63, 3.8) is 0 Å². The minimum atomic E-state index is -5.25. The summed E-state index contributed by atoms with van der Waals surface area (Å²) in [6, 6.07) is 0. The van der Waals surface area contributed by atoms with Crippen molar-refractivity contribution in [2.45, 2.75) is 0 Å². The molecule has 0 atom stereocenters. The van der Waals surface area contributed by atoms with Gasteiger partial charge in [0.1, 0.15) is 0 Å². The van der Waals surface area contributed by atoms with Crippen molar-refractivity contribution in [3.8, 4) is 0 Å². The molecule has 0 saturated heterocycles. The third kappa shape index (κ3) is 2770. The fraction of sp³-hybridized carbons (Fsp3) is 0. The van der Waals surface area contributed by atoms with Crippen LogP contribution in [0, 0.1) is 0 Å². The molecule has 0 rings (SSSR count). The van der Waals surface area contributed by atoms with E-state index in [0.29, 0.717) is 0 Å². The predicted octanol–water partition coefficient (Wildman–Crippen LogP) is -4.07. The fourth-order valence-electron chi connectivity index (χ4n) is 0. The van der Waals surface area contributed by atoms with Gasteiger partial charge in [0.25, 0.3) is 0 Å². The van der Waals surface area contributed by atoms with Crippen LogP contribution in [0.4, 0.5) is 0 Å². The first-order chi connectivity index (χ1) is 6.00. The van der Waals surface area contributed by atoms with Gasteiger partial charge in [0, 0.05) is 34.1 Å². The maximum absolute atomic E-state index is 8.82. The first-order valence-electron chi connectivity index (χ1n) is 2.10. The molecule has 0 saturated carbocycles. The molecule has 0 aromatic carbocycles. The number of hydrogen-bond acceptors (Lipinski definition) is 6. The molecule has 0 bridgehead atoms. The predicted molar refractivity (Wildman–Crippen MR) is 17.4 cm³/mol. The van der Waals surface area contributed by atoms with E-state index in [1.807, 2.05) is 0 Å². The van der Waals surface area contributed by atoms with Gasteiger partial charge in [0.05, 0.1) is 0 Å². The van der Waals surface area contributed by atoms with Gasteiger partial charge in [-0.25, -0.2) is 0 Å². The Labute approximate surface area is 122 Å². The second-order valence-electron chi connectivity index (χ2n) is 1.34. The van der Waals surface area contributed by atoms with Gasteiger partial charge in [0.2, 0.25) is 0 Å². The Balaban J connectivity index is -0.0000000400. The molecule has 17 heavy (non-hydrogen) atoms. The quantitative estimate of drug-likeness (QED) is 0.188. The third-order valence-electron chi connectivity index (χ3n) is 0. The van der Waals surface area contributed by atoms with Crippen LogP contribution in [0.5, 0.6) is 0 Å². The van der Waals surface area contributed by atoms with Crippen molar-refractivity contribution >= 4 is 0 Å². The molecule has 0 fully saturated rings. The zero-order valence-corrected chi connectivity index (χ0v) is 13.1. The monoisotopic (exact) mass is 466 g/mol. The van der Waals surface area contributed by atoms with E-state index in [-0.39, 0.29) is 34.1 Å². The van der Waals surface area contributed by atoms with Gasteiger partial charge in [-0.2, -0.15) is 0 Å². The van der Waals surface area contributed by atoms with E-state index in [2.05, 4.69) is 0 Å². The van der Waals surface area contributed by atoms with Gasteiger partial charge in [-0.3, -0.25) is 0 Å². The molecule has 0 aliphatic heterocycles. The van der Waals surface area contributed by atoms with E-state index in [4.69, 9.17) is 47.8 Å². The Kier molecular flexibility index (Phi) is 22.3. The van der Waals surface area contributed by atoms with E-state index < -0.39 is 40.8 Å². The van der Waals surface area contributed by atoms with Crippen molar-refractivity contribution in [3.05, 3.63) is 0 Å². The Hall–Kier alpha value is 1.20. The summed E-state index contributed by atoms with van der Waals surface area (Å²) in [6.07, 6.45) is 0. The zero-order chi connectivity index (χ0) is 13.5. The number of hydrogen-bond donors (Lipinski definition) is 6. The summed E-state index contributed by atoms with van der Waals surface area (Å²) in [7, 11) is 0. The Morgan fingerprint density at radius 1 is 0.412 bits per heavy atom. The van der Waals surface area contributed by atoms with Crippen LogP contribution in [0.2, 0.25) is 0 Å². The molecule has 0 spiro atoms. The summed E-state index contributed by atoms with van der Waals surface area (Å²) < 4.78 is 95.6. The van der Waals surface area contributed by atoms with Crippen LogP contribution in [-0.2, 0) is 97.8 Å². The van der Waals surface area contributed by atoms with Gasteiger partial charge < -0.3 is 0 Å². The van der Waals surface area contributed by atoms with Gasteiger partial charge in [-0.1, -0.05) is 0 Å². The summed E-state index contributed by atoms with van der Waals surface area (Å²) in [6.45, 7) is 0.